The van der Waals surface area contributed by atoms with Crippen molar-refractivity contribution in [1.29, 1.82) is 0 Å². The summed E-state index contributed by atoms with van der Waals surface area (Å²) in [6.45, 7) is 0. The summed E-state index contributed by atoms with van der Waals surface area (Å²) in [5.41, 5.74) is 3.01. The number of nitrogens with zero attached hydrogens (tertiary/aromatic N) is 2. The zero-order valence-corrected chi connectivity index (χ0v) is 13.5. The third kappa shape index (κ3) is 2.55. The summed E-state index contributed by atoms with van der Waals surface area (Å²) >= 11 is 3.40. The molecule has 0 amide bonds. The molecule has 0 saturated heterocycles. The Kier molecular flexibility index (Phi) is 3.48. The lowest BCUT2D eigenvalue weighted by Gasteiger charge is -1.96. The lowest BCUT2D eigenvalue weighted by molar-refractivity contribution is 0.415. The molecule has 0 unspecified atom stereocenters. The minimum atomic E-state index is 0.816. The number of methoxy groups -OCH3 is 1. The van der Waals surface area contributed by atoms with Crippen LogP contribution in [0.1, 0.15) is 5.01 Å². The zero-order valence-electron chi connectivity index (χ0n) is 11.9. The molecule has 2 aromatic carbocycles. The number of aromatic nitrogens is 3. The average Bonchev–Trinajstić information content (AvgIpc) is 3.14. The fourth-order valence-corrected chi connectivity index (χ4v) is 4.12. The Morgan fingerprint density at radius 3 is 2.91 bits per heavy atom. The smallest absolute Gasteiger partial charge is 0.166 e. The molecule has 0 aliphatic rings. The molecule has 0 saturated carbocycles. The van der Waals surface area contributed by atoms with Crippen LogP contribution < -0.4 is 4.74 Å². The number of H-pyrrole nitrogens is 1. The molecule has 0 aliphatic carbocycles. The molecule has 2 aromatic heterocycles. The van der Waals surface area contributed by atoms with Crippen molar-refractivity contribution < 1.29 is 4.74 Å². The molecule has 0 bridgehead atoms. The van der Waals surface area contributed by atoms with E-state index in [1.54, 1.807) is 30.2 Å². The first-order valence-electron chi connectivity index (χ1n) is 6.83. The highest BCUT2D eigenvalue weighted by molar-refractivity contribution is 7.98. The van der Waals surface area contributed by atoms with Gasteiger partial charge in [0, 0.05) is 6.07 Å². The van der Waals surface area contributed by atoms with Gasteiger partial charge in [-0.3, -0.25) is 0 Å². The molecule has 0 atom stereocenters. The van der Waals surface area contributed by atoms with Crippen LogP contribution in [0.5, 0.6) is 5.75 Å². The molecule has 22 heavy (non-hydrogen) atoms. The average molecular weight is 327 g/mol. The molecule has 4 aromatic rings. The number of nitrogens with one attached hydrogen (secondary N) is 1. The van der Waals surface area contributed by atoms with E-state index in [4.69, 9.17) is 4.74 Å². The molecule has 4 nitrogen and oxygen atoms in total. The third-order valence-electron chi connectivity index (χ3n) is 3.34. The Morgan fingerprint density at radius 2 is 2.05 bits per heavy atom. The van der Waals surface area contributed by atoms with Gasteiger partial charge in [0.05, 0.1) is 34.1 Å². The van der Waals surface area contributed by atoms with Crippen LogP contribution in [0.2, 0.25) is 0 Å². The lowest BCUT2D eigenvalue weighted by atomic mass is 10.3. The van der Waals surface area contributed by atoms with Crippen molar-refractivity contribution in [2.24, 2.45) is 0 Å². The van der Waals surface area contributed by atoms with Crippen molar-refractivity contribution in [3.8, 4) is 5.75 Å². The number of para-hydroxylation sites is 1. The highest BCUT2D eigenvalue weighted by Crippen LogP contribution is 2.29. The predicted molar refractivity (Wildman–Crippen MR) is 91.8 cm³/mol. The number of hydrogen-bond donors (Lipinski definition) is 1. The minimum Gasteiger partial charge on any atom is -0.497 e. The monoisotopic (exact) mass is 327 g/mol. The summed E-state index contributed by atoms with van der Waals surface area (Å²) in [5, 5.41) is 2.02. The SMILES string of the molecule is COc1ccc2nc(SCc3nc4ccccc4s3)[nH]c2c1. The van der Waals surface area contributed by atoms with Crippen LogP contribution in [-0.2, 0) is 5.75 Å². The number of rotatable bonds is 4. The van der Waals surface area contributed by atoms with Crippen LogP contribution in [0.4, 0.5) is 0 Å². The molecule has 0 radical (unpaired) electrons. The van der Waals surface area contributed by atoms with Gasteiger partial charge < -0.3 is 9.72 Å². The first-order chi connectivity index (χ1) is 10.8. The summed E-state index contributed by atoms with van der Waals surface area (Å²) in [6, 6.07) is 14.1. The normalized spacial score (nSPS) is 11.3. The summed E-state index contributed by atoms with van der Waals surface area (Å²) in [4.78, 5) is 12.6. The Balaban J connectivity index is 1.55. The largest absolute Gasteiger partial charge is 0.497 e. The fourth-order valence-electron chi connectivity index (χ4n) is 2.27. The van der Waals surface area contributed by atoms with E-state index in [0.717, 1.165) is 38.2 Å². The van der Waals surface area contributed by atoms with Crippen LogP contribution in [0.3, 0.4) is 0 Å². The van der Waals surface area contributed by atoms with E-state index in [-0.39, 0.29) is 0 Å². The van der Waals surface area contributed by atoms with Gasteiger partial charge in [-0.2, -0.15) is 0 Å². The predicted octanol–water partition coefficient (Wildman–Crippen LogP) is 4.47. The molecule has 0 fully saturated rings. The summed E-state index contributed by atoms with van der Waals surface area (Å²) in [7, 11) is 1.67. The van der Waals surface area contributed by atoms with E-state index in [1.165, 1.54) is 4.70 Å². The van der Waals surface area contributed by atoms with Gasteiger partial charge in [-0.05, 0) is 24.3 Å². The van der Waals surface area contributed by atoms with E-state index < -0.39 is 0 Å². The molecule has 4 rings (SSSR count). The van der Waals surface area contributed by atoms with Gasteiger partial charge in [0.2, 0.25) is 0 Å². The van der Waals surface area contributed by atoms with Gasteiger partial charge in [-0.1, -0.05) is 23.9 Å². The lowest BCUT2D eigenvalue weighted by Crippen LogP contribution is -1.81. The number of thioether (sulfide) groups is 1. The van der Waals surface area contributed by atoms with Crippen molar-refractivity contribution in [1.82, 2.24) is 15.0 Å². The molecule has 2 heterocycles. The molecule has 0 aliphatic heterocycles. The number of aromatic amines is 1. The van der Waals surface area contributed by atoms with Gasteiger partial charge in [-0.25, -0.2) is 9.97 Å². The van der Waals surface area contributed by atoms with Crippen molar-refractivity contribution in [3.05, 3.63) is 47.5 Å². The van der Waals surface area contributed by atoms with Crippen molar-refractivity contribution in [2.75, 3.05) is 7.11 Å². The van der Waals surface area contributed by atoms with Crippen LogP contribution in [-0.4, -0.2) is 22.1 Å². The van der Waals surface area contributed by atoms with Gasteiger partial charge in [0.1, 0.15) is 10.8 Å². The number of imidazole rings is 1. The number of thiazole rings is 1. The van der Waals surface area contributed by atoms with E-state index in [0.29, 0.717) is 0 Å². The Bertz CT molecular complexity index is 912. The summed E-state index contributed by atoms with van der Waals surface area (Å²) in [5.74, 6) is 1.65. The summed E-state index contributed by atoms with van der Waals surface area (Å²) in [6.07, 6.45) is 0. The minimum absolute atomic E-state index is 0.816. The fraction of sp³-hybridized carbons (Fsp3) is 0.125. The van der Waals surface area contributed by atoms with Crippen LogP contribution in [0, 0.1) is 0 Å². The molecular weight excluding hydrogens is 314 g/mol. The molecule has 110 valence electrons. The molecule has 6 heteroatoms. The van der Waals surface area contributed by atoms with Gasteiger partial charge in [0.25, 0.3) is 0 Å². The van der Waals surface area contributed by atoms with Crippen LogP contribution in [0.25, 0.3) is 21.3 Å². The second kappa shape index (κ2) is 5.62. The summed E-state index contributed by atoms with van der Waals surface area (Å²) < 4.78 is 6.46. The topological polar surface area (TPSA) is 50.8 Å². The van der Waals surface area contributed by atoms with Crippen molar-refractivity contribution in [2.45, 2.75) is 10.9 Å². The number of fused-ring (bicyclic) bond motifs is 2. The maximum Gasteiger partial charge on any atom is 0.166 e. The van der Waals surface area contributed by atoms with Crippen molar-refractivity contribution >= 4 is 44.3 Å². The molecular formula is C16H13N3OS2. The Morgan fingerprint density at radius 1 is 1.14 bits per heavy atom. The highest BCUT2D eigenvalue weighted by atomic mass is 32.2. The van der Waals surface area contributed by atoms with E-state index in [1.807, 2.05) is 36.4 Å². The number of ether oxygens (including phenoxy) is 1. The van der Waals surface area contributed by atoms with Gasteiger partial charge >= 0.3 is 0 Å². The Labute approximate surface area is 135 Å². The Hall–Kier alpha value is -2.05. The highest BCUT2D eigenvalue weighted by Gasteiger charge is 2.08. The van der Waals surface area contributed by atoms with E-state index in [2.05, 4.69) is 21.0 Å². The van der Waals surface area contributed by atoms with Crippen LogP contribution >= 0.6 is 23.1 Å². The third-order valence-corrected chi connectivity index (χ3v) is 5.44. The van der Waals surface area contributed by atoms with Crippen molar-refractivity contribution in [3.63, 3.8) is 0 Å². The first-order valence-corrected chi connectivity index (χ1v) is 8.63. The molecule has 1 N–H and O–H groups in total. The first kappa shape index (κ1) is 13.6. The standard InChI is InChI=1S/C16H13N3OS2/c1-20-10-6-7-11-13(8-10)19-16(18-11)21-9-15-17-12-4-2-3-5-14(12)22-15/h2-8H,9H2,1H3,(H,18,19). The quantitative estimate of drug-likeness (QED) is 0.562. The number of benzene rings is 2. The van der Waals surface area contributed by atoms with Gasteiger partial charge in [0.15, 0.2) is 5.16 Å². The maximum atomic E-state index is 5.23. The van der Waals surface area contributed by atoms with E-state index in [9.17, 15) is 0 Å². The number of hydrogen-bond acceptors (Lipinski definition) is 5. The zero-order chi connectivity index (χ0) is 14.9. The second-order valence-electron chi connectivity index (χ2n) is 4.79. The van der Waals surface area contributed by atoms with Crippen LogP contribution in [0.15, 0.2) is 47.6 Å². The second-order valence-corrected chi connectivity index (χ2v) is 6.87. The van der Waals surface area contributed by atoms with E-state index >= 15 is 0 Å². The van der Waals surface area contributed by atoms with Gasteiger partial charge in [-0.15, -0.1) is 11.3 Å². The maximum absolute atomic E-state index is 5.23. The molecule has 0 spiro atoms.